The van der Waals surface area contributed by atoms with Crippen molar-refractivity contribution in [3.05, 3.63) is 95.8 Å². The zero-order valence-corrected chi connectivity index (χ0v) is 19.4. The molecule has 0 radical (unpaired) electrons. The molecule has 34 heavy (non-hydrogen) atoms. The van der Waals surface area contributed by atoms with Crippen LogP contribution >= 0.6 is 11.8 Å². The lowest BCUT2D eigenvalue weighted by atomic mass is 10.1. The number of carbonyl (C=O) groups is 1. The molecule has 1 aromatic heterocycles. The normalized spacial score (nSPS) is 11.9. The molecule has 0 saturated carbocycles. The van der Waals surface area contributed by atoms with Crippen LogP contribution < -0.4 is 4.74 Å². The number of thioether (sulfide) groups is 1. The van der Waals surface area contributed by atoms with E-state index in [0.29, 0.717) is 40.2 Å². The maximum atomic E-state index is 14.5. The number of hydrogen-bond acceptors (Lipinski definition) is 6. The van der Waals surface area contributed by atoms with E-state index >= 15 is 0 Å². The highest BCUT2D eigenvalue weighted by Gasteiger charge is 2.19. The van der Waals surface area contributed by atoms with Crippen molar-refractivity contribution in [2.45, 2.75) is 24.7 Å². The number of ether oxygens (including phenoxy) is 1. The molecule has 1 N–H and O–H groups in total. The van der Waals surface area contributed by atoms with Gasteiger partial charge in [-0.2, -0.15) is 0 Å². The molecule has 0 aliphatic heterocycles. The predicted molar refractivity (Wildman–Crippen MR) is 130 cm³/mol. The van der Waals surface area contributed by atoms with Gasteiger partial charge in [-0.25, -0.2) is 4.39 Å². The maximum absolute atomic E-state index is 14.5. The average Bonchev–Trinajstić information content (AvgIpc) is 3.24. The number of hydrogen-bond donors (Lipinski definition) is 1. The second kappa shape index (κ2) is 11.1. The van der Waals surface area contributed by atoms with Crippen LogP contribution in [0.15, 0.2) is 84.0 Å². The summed E-state index contributed by atoms with van der Waals surface area (Å²) < 4.78 is 22.0. The number of aliphatic hydroxyl groups excluding tert-OH is 1. The minimum atomic E-state index is -0.767. The predicted octanol–water partition coefficient (Wildman–Crippen LogP) is 4.87. The molecule has 0 amide bonds. The molecule has 1 unspecified atom stereocenters. The van der Waals surface area contributed by atoms with E-state index in [0.717, 1.165) is 5.56 Å². The second-order valence-corrected chi connectivity index (χ2v) is 8.70. The number of carbonyl (C=O) groups excluding carboxylic acids is 1. The first-order valence-corrected chi connectivity index (χ1v) is 11.8. The standard InChI is InChI=1S/C26H24FN3O3S/c1-18(31)20-11-13-22(14-12-20)33-16-21(32)17-34-26-29-28-25(23-9-5-6-10-24(23)27)30(26)15-19-7-3-2-4-8-19/h2-14,21,32H,15-17H2,1H3. The summed E-state index contributed by atoms with van der Waals surface area (Å²) in [6, 6.07) is 23.0. The first-order chi connectivity index (χ1) is 16.5. The molecular formula is C26H24FN3O3S. The van der Waals surface area contributed by atoms with E-state index in [9.17, 15) is 14.3 Å². The van der Waals surface area contributed by atoms with Crippen molar-refractivity contribution >= 4 is 17.5 Å². The summed E-state index contributed by atoms with van der Waals surface area (Å²) in [5.41, 5.74) is 2.00. The number of benzene rings is 3. The van der Waals surface area contributed by atoms with Gasteiger partial charge in [0.05, 0.1) is 18.2 Å². The van der Waals surface area contributed by atoms with Crippen LogP contribution in [0.3, 0.4) is 0 Å². The molecule has 1 heterocycles. The first kappa shape index (κ1) is 23.7. The van der Waals surface area contributed by atoms with Gasteiger partial charge in [0.25, 0.3) is 0 Å². The van der Waals surface area contributed by atoms with Gasteiger partial charge >= 0.3 is 0 Å². The maximum Gasteiger partial charge on any atom is 0.191 e. The molecular weight excluding hydrogens is 453 g/mol. The molecule has 8 heteroatoms. The highest BCUT2D eigenvalue weighted by molar-refractivity contribution is 7.99. The molecule has 4 aromatic rings. The Bertz CT molecular complexity index is 1250. The summed E-state index contributed by atoms with van der Waals surface area (Å²) in [6.07, 6.45) is -0.767. The fourth-order valence-corrected chi connectivity index (χ4v) is 4.19. The van der Waals surface area contributed by atoms with Crippen LogP contribution in [-0.4, -0.2) is 44.1 Å². The van der Waals surface area contributed by atoms with Gasteiger partial charge in [0, 0.05) is 11.3 Å². The van der Waals surface area contributed by atoms with Gasteiger partial charge in [0.1, 0.15) is 18.2 Å². The molecule has 4 rings (SSSR count). The summed E-state index contributed by atoms with van der Waals surface area (Å²) in [5, 5.41) is 19.5. The van der Waals surface area contributed by atoms with E-state index in [1.165, 1.54) is 24.8 Å². The van der Waals surface area contributed by atoms with Crippen molar-refractivity contribution in [3.8, 4) is 17.1 Å². The zero-order valence-electron chi connectivity index (χ0n) is 18.6. The number of nitrogens with zero attached hydrogens (tertiary/aromatic N) is 3. The number of aliphatic hydroxyl groups is 1. The van der Waals surface area contributed by atoms with Crippen LogP contribution in [0.5, 0.6) is 5.75 Å². The van der Waals surface area contributed by atoms with E-state index in [4.69, 9.17) is 4.74 Å². The van der Waals surface area contributed by atoms with Gasteiger partial charge in [-0.05, 0) is 48.9 Å². The van der Waals surface area contributed by atoms with Crippen molar-refractivity contribution in [1.82, 2.24) is 14.8 Å². The van der Waals surface area contributed by atoms with Crippen molar-refractivity contribution in [1.29, 1.82) is 0 Å². The fraction of sp³-hybridized carbons (Fsp3) is 0.192. The third kappa shape index (κ3) is 5.89. The minimum Gasteiger partial charge on any atom is -0.491 e. The molecule has 1 atom stereocenters. The lowest BCUT2D eigenvalue weighted by Crippen LogP contribution is -2.20. The second-order valence-electron chi connectivity index (χ2n) is 7.71. The molecule has 174 valence electrons. The van der Waals surface area contributed by atoms with Crippen molar-refractivity contribution < 1.29 is 19.0 Å². The Morgan fingerprint density at radius 3 is 2.44 bits per heavy atom. The number of Topliss-reactive ketones (excluding diaryl/α,β-unsaturated/α-hetero) is 1. The molecule has 0 aliphatic rings. The van der Waals surface area contributed by atoms with Gasteiger partial charge in [0.2, 0.25) is 0 Å². The Hall–Kier alpha value is -3.49. The van der Waals surface area contributed by atoms with E-state index in [2.05, 4.69) is 10.2 Å². The summed E-state index contributed by atoms with van der Waals surface area (Å²) in [6.45, 7) is 2.05. The van der Waals surface area contributed by atoms with Crippen LogP contribution in [0, 0.1) is 5.82 Å². The Balaban J connectivity index is 1.45. The number of halogens is 1. The van der Waals surface area contributed by atoms with Crippen molar-refractivity contribution in [2.75, 3.05) is 12.4 Å². The Kier molecular flexibility index (Phi) is 7.72. The topological polar surface area (TPSA) is 77.2 Å². The largest absolute Gasteiger partial charge is 0.491 e. The molecule has 0 saturated heterocycles. The van der Waals surface area contributed by atoms with E-state index in [1.54, 1.807) is 42.5 Å². The molecule has 0 bridgehead atoms. The van der Waals surface area contributed by atoms with Crippen molar-refractivity contribution in [2.24, 2.45) is 0 Å². The summed E-state index contributed by atoms with van der Waals surface area (Å²) in [5.74, 6) is 0.932. The monoisotopic (exact) mass is 477 g/mol. The van der Waals surface area contributed by atoms with Crippen LogP contribution in [0.2, 0.25) is 0 Å². The third-order valence-corrected chi connectivity index (χ3v) is 6.23. The van der Waals surface area contributed by atoms with E-state index in [1.807, 2.05) is 34.9 Å². The fourth-order valence-electron chi connectivity index (χ4n) is 3.34. The van der Waals surface area contributed by atoms with Gasteiger partial charge in [-0.1, -0.05) is 54.2 Å². The quantitative estimate of drug-likeness (QED) is 0.259. The van der Waals surface area contributed by atoms with Crippen LogP contribution in [0.1, 0.15) is 22.8 Å². The van der Waals surface area contributed by atoms with Gasteiger partial charge in [-0.3, -0.25) is 9.36 Å². The Morgan fingerprint density at radius 2 is 1.74 bits per heavy atom. The Labute approximate surface area is 201 Å². The smallest absolute Gasteiger partial charge is 0.191 e. The SMILES string of the molecule is CC(=O)c1ccc(OCC(O)CSc2nnc(-c3ccccc3F)n2Cc2ccccc2)cc1. The number of aromatic nitrogens is 3. The molecule has 0 spiro atoms. The number of rotatable bonds is 10. The molecule has 6 nitrogen and oxygen atoms in total. The van der Waals surface area contributed by atoms with E-state index < -0.39 is 6.10 Å². The zero-order chi connectivity index (χ0) is 23.9. The first-order valence-electron chi connectivity index (χ1n) is 10.8. The molecule has 0 fully saturated rings. The van der Waals surface area contributed by atoms with Crippen molar-refractivity contribution in [3.63, 3.8) is 0 Å². The lowest BCUT2D eigenvalue weighted by Gasteiger charge is -2.14. The highest BCUT2D eigenvalue weighted by atomic mass is 32.2. The Morgan fingerprint density at radius 1 is 1.03 bits per heavy atom. The minimum absolute atomic E-state index is 0.0163. The van der Waals surface area contributed by atoms with Crippen LogP contribution in [-0.2, 0) is 6.54 Å². The molecule has 0 aliphatic carbocycles. The van der Waals surface area contributed by atoms with E-state index in [-0.39, 0.29) is 18.2 Å². The van der Waals surface area contributed by atoms with Crippen LogP contribution in [0.4, 0.5) is 4.39 Å². The summed E-state index contributed by atoms with van der Waals surface area (Å²) in [7, 11) is 0. The van der Waals surface area contributed by atoms with Gasteiger partial charge < -0.3 is 9.84 Å². The third-order valence-electron chi connectivity index (χ3n) is 5.12. The summed E-state index contributed by atoms with van der Waals surface area (Å²) in [4.78, 5) is 11.4. The van der Waals surface area contributed by atoms with Gasteiger partial charge in [0.15, 0.2) is 16.8 Å². The number of ketones is 1. The van der Waals surface area contributed by atoms with Gasteiger partial charge in [-0.15, -0.1) is 10.2 Å². The van der Waals surface area contributed by atoms with Crippen LogP contribution in [0.25, 0.3) is 11.4 Å². The summed E-state index contributed by atoms with van der Waals surface area (Å²) >= 11 is 1.33. The lowest BCUT2D eigenvalue weighted by molar-refractivity contribution is 0.101. The average molecular weight is 478 g/mol. The highest BCUT2D eigenvalue weighted by Crippen LogP contribution is 2.27. The molecule has 3 aromatic carbocycles.